The van der Waals surface area contributed by atoms with Crippen LogP contribution in [0.5, 0.6) is 0 Å². The van der Waals surface area contributed by atoms with E-state index in [9.17, 15) is 22.8 Å². The highest BCUT2D eigenvalue weighted by atomic mass is 19.4. The molecule has 31 heavy (non-hydrogen) atoms. The van der Waals surface area contributed by atoms with Gasteiger partial charge in [0, 0.05) is 44.5 Å². The molecule has 2 atom stereocenters. The van der Waals surface area contributed by atoms with Crippen LogP contribution in [0, 0.1) is 0 Å². The van der Waals surface area contributed by atoms with E-state index in [2.05, 4.69) is 20.9 Å². The number of nitrogens with one attached hydrogen (secondary N) is 3. The number of nitrogens with two attached hydrogens (primary N) is 1. The Morgan fingerprint density at radius 1 is 1.16 bits per heavy atom. The Balaban J connectivity index is 1.97. The molecule has 11 heteroatoms. The molecule has 0 aliphatic carbocycles. The van der Waals surface area contributed by atoms with Crippen LogP contribution in [0.1, 0.15) is 13.8 Å². The molecule has 5 N–H and O–H groups in total. The summed E-state index contributed by atoms with van der Waals surface area (Å²) in [5.41, 5.74) is 3.19. The zero-order valence-corrected chi connectivity index (χ0v) is 17.4. The number of nitrogens with zero attached hydrogens (tertiary/aromatic N) is 2. The smallest absolute Gasteiger partial charge is 0.394 e. The van der Waals surface area contributed by atoms with E-state index in [1.165, 1.54) is 0 Å². The van der Waals surface area contributed by atoms with Crippen molar-refractivity contribution in [2.45, 2.75) is 32.1 Å². The number of hydrogen-bond donors (Lipinski definition) is 4. The monoisotopic (exact) mass is 440 g/mol. The van der Waals surface area contributed by atoms with Crippen LogP contribution < -0.4 is 21.7 Å². The van der Waals surface area contributed by atoms with E-state index in [0.717, 1.165) is 6.21 Å². The van der Waals surface area contributed by atoms with E-state index in [0.29, 0.717) is 18.8 Å². The van der Waals surface area contributed by atoms with Crippen molar-refractivity contribution < 1.29 is 22.8 Å². The van der Waals surface area contributed by atoms with Gasteiger partial charge in [0.15, 0.2) is 0 Å². The summed E-state index contributed by atoms with van der Waals surface area (Å²) in [7, 11) is 0. The van der Waals surface area contributed by atoms with Crippen molar-refractivity contribution in [3.8, 4) is 0 Å². The molecule has 3 amide bonds. The summed E-state index contributed by atoms with van der Waals surface area (Å²) >= 11 is 0. The number of rotatable bonds is 6. The summed E-state index contributed by atoms with van der Waals surface area (Å²) in [4.78, 5) is 30.3. The zero-order chi connectivity index (χ0) is 23.0. The van der Waals surface area contributed by atoms with Crippen molar-refractivity contribution in [2.75, 3.05) is 26.2 Å². The van der Waals surface area contributed by atoms with Gasteiger partial charge in [-0.3, -0.25) is 9.79 Å². The van der Waals surface area contributed by atoms with Crippen LogP contribution in [0.2, 0.25) is 0 Å². The van der Waals surface area contributed by atoms with Crippen LogP contribution in [0.3, 0.4) is 0 Å². The van der Waals surface area contributed by atoms with Gasteiger partial charge in [0.25, 0.3) is 5.91 Å². The quantitative estimate of drug-likeness (QED) is 0.306. The van der Waals surface area contributed by atoms with Gasteiger partial charge in [-0.1, -0.05) is 18.2 Å². The average molecular weight is 440 g/mol. The molecular formula is C20H27F3N6O2. The number of hydrogen-bond acceptors (Lipinski definition) is 5. The Morgan fingerprint density at radius 3 is 2.32 bits per heavy atom. The van der Waals surface area contributed by atoms with E-state index in [-0.39, 0.29) is 31.2 Å². The Hall–Kier alpha value is -3.08. The molecule has 0 spiro atoms. The average Bonchev–Trinajstić information content (AvgIpc) is 2.71. The molecule has 1 aliphatic rings. The maximum Gasteiger partial charge on any atom is 0.431 e. The molecule has 2 rings (SSSR count). The van der Waals surface area contributed by atoms with Crippen molar-refractivity contribution in [1.29, 1.82) is 0 Å². The first kappa shape index (κ1) is 24.2. The van der Waals surface area contributed by atoms with Gasteiger partial charge in [0.2, 0.25) is 0 Å². The summed E-state index contributed by atoms with van der Waals surface area (Å²) < 4.78 is 39.2. The van der Waals surface area contributed by atoms with Crippen molar-refractivity contribution in [3.63, 3.8) is 0 Å². The van der Waals surface area contributed by atoms with E-state index in [4.69, 9.17) is 5.73 Å². The predicted molar refractivity (Wildman–Crippen MR) is 112 cm³/mol. The molecule has 1 heterocycles. The SMILES string of the molecule is CC1CNCC(C)N1C(=O)NCCNC(=O)C(C=Nc1ccccc1)=C(N)C(F)(F)F. The number of carbonyl (C=O) groups excluding carboxylic acids is 2. The van der Waals surface area contributed by atoms with Gasteiger partial charge >= 0.3 is 12.2 Å². The Labute approximate surface area is 178 Å². The highest BCUT2D eigenvalue weighted by Gasteiger charge is 2.35. The lowest BCUT2D eigenvalue weighted by Gasteiger charge is -2.39. The van der Waals surface area contributed by atoms with E-state index in [1.54, 1.807) is 35.2 Å². The minimum atomic E-state index is -4.89. The van der Waals surface area contributed by atoms with Crippen LogP contribution in [-0.2, 0) is 4.79 Å². The number of piperazine rings is 1. The summed E-state index contributed by atoms with van der Waals surface area (Å²) in [6, 6.07) is 7.88. The summed E-state index contributed by atoms with van der Waals surface area (Å²) in [5.74, 6) is -1.03. The highest BCUT2D eigenvalue weighted by molar-refractivity contribution is 6.13. The van der Waals surface area contributed by atoms with Crippen molar-refractivity contribution in [2.24, 2.45) is 10.7 Å². The third kappa shape index (κ3) is 6.99. The van der Waals surface area contributed by atoms with Crippen LogP contribution in [0.15, 0.2) is 46.6 Å². The highest BCUT2D eigenvalue weighted by Crippen LogP contribution is 2.24. The Kier molecular flexibility index (Phi) is 8.43. The summed E-state index contributed by atoms with van der Waals surface area (Å²) in [6.45, 7) is 5.12. The van der Waals surface area contributed by atoms with Crippen LogP contribution >= 0.6 is 0 Å². The second-order valence-corrected chi connectivity index (χ2v) is 7.17. The molecule has 0 aromatic heterocycles. The lowest BCUT2D eigenvalue weighted by Crippen LogP contribution is -2.60. The van der Waals surface area contributed by atoms with Crippen molar-refractivity contribution in [3.05, 3.63) is 41.6 Å². The number of amides is 3. The van der Waals surface area contributed by atoms with E-state index < -0.39 is 23.4 Å². The van der Waals surface area contributed by atoms with Crippen molar-refractivity contribution in [1.82, 2.24) is 20.9 Å². The zero-order valence-electron chi connectivity index (χ0n) is 17.4. The van der Waals surface area contributed by atoms with Gasteiger partial charge in [0.1, 0.15) is 5.70 Å². The van der Waals surface area contributed by atoms with Gasteiger partial charge in [-0.05, 0) is 26.0 Å². The first-order valence-electron chi connectivity index (χ1n) is 9.82. The van der Waals surface area contributed by atoms with Crippen LogP contribution in [-0.4, -0.2) is 67.5 Å². The molecule has 1 fully saturated rings. The van der Waals surface area contributed by atoms with Gasteiger partial charge < -0.3 is 26.6 Å². The molecule has 8 nitrogen and oxygen atoms in total. The maximum absolute atomic E-state index is 13.1. The van der Waals surface area contributed by atoms with E-state index >= 15 is 0 Å². The molecule has 170 valence electrons. The molecule has 1 aromatic carbocycles. The van der Waals surface area contributed by atoms with Gasteiger partial charge in [-0.2, -0.15) is 13.2 Å². The standard InChI is InChI=1S/C20H27F3N6O2/c1-13-10-25-11-14(2)29(13)19(31)27-9-8-26-18(30)16(17(24)20(21,22)23)12-28-15-6-4-3-5-7-15/h3-7,12-14,25H,8-11,24H2,1-2H3,(H,26,30)(H,27,31). The summed E-state index contributed by atoms with van der Waals surface area (Å²) in [5, 5.41) is 8.22. The lowest BCUT2D eigenvalue weighted by atomic mass is 10.1. The molecule has 1 aliphatic heterocycles. The fraction of sp³-hybridized carbons (Fsp3) is 0.450. The number of allylic oxidation sites excluding steroid dienone is 1. The lowest BCUT2D eigenvalue weighted by molar-refractivity contribution is -0.118. The fourth-order valence-electron chi connectivity index (χ4n) is 3.12. The van der Waals surface area contributed by atoms with Crippen LogP contribution in [0.25, 0.3) is 0 Å². The molecule has 0 saturated carbocycles. The first-order valence-corrected chi connectivity index (χ1v) is 9.82. The van der Waals surface area contributed by atoms with Gasteiger partial charge in [0.05, 0.1) is 11.3 Å². The largest absolute Gasteiger partial charge is 0.431 e. The number of para-hydroxylation sites is 1. The number of alkyl halides is 3. The third-order valence-corrected chi connectivity index (χ3v) is 4.69. The maximum atomic E-state index is 13.1. The predicted octanol–water partition coefficient (Wildman–Crippen LogP) is 1.67. The topological polar surface area (TPSA) is 112 Å². The van der Waals surface area contributed by atoms with E-state index in [1.807, 2.05) is 13.8 Å². The Morgan fingerprint density at radius 2 is 1.74 bits per heavy atom. The van der Waals surface area contributed by atoms with Crippen molar-refractivity contribution >= 4 is 23.8 Å². The second kappa shape index (κ2) is 10.8. The minimum Gasteiger partial charge on any atom is -0.394 e. The normalized spacial score (nSPS) is 20.4. The number of halogens is 3. The molecule has 0 radical (unpaired) electrons. The number of urea groups is 1. The molecule has 0 bridgehead atoms. The summed E-state index contributed by atoms with van der Waals surface area (Å²) in [6.07, 6.45) is -4.10. The number of carbonyl (C=O) groups is 2. The molecular weight excluding hydrogens is 413 g/mol. The molecule has 1 saturated heterocycles. The van der Waals surface area contributed by atoms with Crippen LogP contribution in [0.4, 0.5) is 23.7 Å². The minimum absolute atomic E-state index is 0.00587. The van der Waals surface area contributed by atoms with Gasteiger partial charge in [-0.25, -0.2) is 4.79 Å². The molecule has 2 unspecified atom stereocenters. The second-order valence-electron chi connectivity index (χ2n) is 7.17. The number of aliphatic imine (C=N–C) groups is 1. The van der Waals surface area contributed by atoms with Gasteiger partial charge in [-0.15, -0.1) is 0 Å². The number of benzene rings is 1. The first-order chi connectivity index (χ1) is 14.6. The third-order valence-electron chi connectivity index (χ3n) is 4.69. The fourth-order valence-corrected chi connectivity index (χ4v) is 3.12. The Bertz CT molecular complexity index is 816. The molecule has 1 aromatic rings.